The number of likely N-dealkylation sites (N-methyl/N-ethyl adjacent to an activating group) is 1. The fourth-order valence-corrected chi connectivity index (χ4v) is 2.40. The molecule has 1 aromatic rings. The number of benzene rings is 1. The van der Waals surface area contributed by atoms with Crippen LogP contribution in [0.2, 0.25) is 20.1 Å². The molecule has 17 heavy (non-hydrogen) atoms. The Labute approximate surface area is 121 Å². The molecule has 0 radical (unpaired) electrons. The van der Waals surface area contributed by atoms with E-state index in [1.54, 1.807) is 6.07 Å². The third-order valence-electron chi connectivity index (χ3n) is 2.20. The van der Waals surface area contributed by atoms with Gasteiger partial charge in [0.25, 0.3) is 0 Å². The largest absolute Gasteiger partial charge is 0.380 e. The molecule has 0 atom stereocenters. The normalized spacial score (nSPS) is 10.9. The predicted octanol–water partition coefficient (Wildman–Crippen LogP) is 4.08. The van der Waals surface area contributed by atoms with Crippen LogP contribution in [0.15, 0.2) is 6.07 Å². The van der Waals surface area contributed by atoms with Crippen LogP contribution in [0.5, 0.6) is 0 Å². The summed E-state index contributed by atoms with van der Waals surface area (Å²) in [4.78, 5) is 0. The van der Waals surface area contributed by atoms with Gasteiger partial charge in [0.2, 0.25) is 0 Å². The summed E-state index contributed by atoms with van der Waals surface area (Å²) in [5.41, 5.74) is 0.771. The third kappa shape index (κ3) is 4.47. The number of ether oxygens (including phenoxy) is 1. The fraction of sp³-hybridized carbons (Fsp3) is 0.455. The molecule has 0 bridgehead atoms. The molecule has 0 aliphatic heterocycles. The summed E-state index contributed by atoms with van der Waals surface area (Å²) in [6.45, 7) is 2.00. The Morgan fingerprint density at radius 2 is 1.76 bits per heavy atom. The molecule has 1 rings (SSSR count). The van der Waals surface area contributed by atoms with E-state index in [2.05, 4.69) is 5.32 Å². The van der Waals surface area contributed by atoms with E-state index in [1.165, 1.54) is 0 Å². The highest BCUT2D eigenvalue weighted by molar-refractivity contribution is 6.49. The van der Waals surface area contributed by atoms with E-state index in [0.29, 0.717) is 39.7 Å². The van der Waals surface area contributed by atoms with Crippen molar-refractivity contribution in [2.75, 3.05) is 26.8 Å². The lowest BCUT2D eigenvalue weighted by atomic mass is 10.1. The van der Waals surface area contributed by atoms with Crippen LogP contribution in [0.4, 0.5) is 0 Å². The summed E-state index contributed by atoms with van der Waals surface area (Å²) >= 11 is 23.9. The summed E-state index contributed by atoms with van der Waals surface area (Å²) in [5, 5.41) is 4.61. The number of nitrogens with one attached hydrogen (secondary N) is 1. The van der Waals surface area contributed by atoms with Gasteiger partial charge in [-0.05, 0) is 25.1 Å². The van der Waals surface area contributed by atoms with Gasteiger partial charge in [0.05, 0.1) is 28.3 Å². The highest BCUT2D eigenvalue weighted by Crippen LogP contribution is 2.37. The van der Waals surface area contributed by atoms with Crippen molar-refractivity contribution in [1.29, 1.82) is 0 Å². The number of halogens is 4. The first-order valence-corrected chi connectivity index (χ1v) is 6.63. The predicted molar refractivity (Wildman–Crippen MR) is 74.9 cm³/mol. The topological polar surface area (TPSA) is 21.3 Å². The van der Waals surface area contributed by atoms with E-state index in [-0.39, 0.29) is 0 Å². The van der Waals surface area contributed by atoms with Crippen LogP contribution in [0.1, 0.15) is 5.56 Å². The van der Waals surface area contributed by atoms with Crippen LogP contribution in [-0.4, -0.2) is 26.8 Å². The van der Waals surface area contributed by atoms with Crippen molar-refractivity contribution in [3.63, 3.8) is 0 Å². The van der Waals surface area contributed by atoms with Gasteiger partial charge < -0.3 is 10.1 Å². The van der Waals surface area contributed by atoms with Gasteiger partial charge in [-0.15, -0.1) is 0 Å². The molecule has 0 saturated heterocycles. The maximum Gasteiger partial charge on any atom is 0.0782 e. The van der Waals surface area contributed by atoms with E-state index in [0.717, 1.165) is 12.1 Å². The summed E-state index contributed by atoms with van der Waals surface area (Å²) < 4.78 is 5.40. The first-order valence-electron chi connectivity index (χ1n) is 5.12. The fourth-order valence-electron chi connectivity index (χ4n) is 1.28. The van der Waals surface area contributed by atoms with Gasteiger partial charge in [-0.2, -0.15) is 0 Å². The lowest BCUT2D eigenvalue weighted by Gasteiger charge is -2.10. The second-order valence-corrected chi connectivity index (χ2v) is 4.98. The number of hydrogen-bond acceptors (Lipinski definition) is 2. The zero-order valence-corrected chi connectivity index (χ0v) is 12.3. The quantitative estimate of drug-likeness (QED) is 0.485. The van der Waals surface area contributed by atoms with Crippen LogP contribution in [-0.2, 0) is 11.2 Å². The second kappa shape index (κ2) is 7.67. The minimum atomic E-state index is 0.336. The molecule has 96 valence electrons. The maximum absolute atomic E-state index is 6.08. The third-order valence-corrected chi connectivity index (χ3v) is 3.84. The first-order chi connectivity index (χ1) is 8.07. The Hall–Kier alpha value is 0.300. The zero-order chi connectivity index (χ0) is 12.8. The Morgan fingerprint density at radius 3 is 2.41 bits per heavy atom. The second-order valence-electron chi connectivity index (χ2n) is 3.41. The molecule has 0 unspecified atom stereocenters. The van der Waals surface area contributed by atoms with Crippen molar-refractivity contribution >= 4 is 46.4 Å². The lowest BCUT2D eigenvalue weighted by molar-refractivity contribution is 0.140. The van der Waals surface area contributed by atoms with E-state index in [4.69, 9.17) is 51.1 Å². The van der Waals surface area contributed by atoms with E-state index in [9.17, 15) is 0 Å². The summed E-state index contributed by atoms with van der Waals surface area (Å²) in [6.07, 6.45) is 0.609. The SMILES string of the molecule is CNCCOCCc1c(Cl)cc(Cl)c(Cl)c1Cl. The summed E-state index contributed by atoms with van der Waals surface area (Å²) in [5.74, 6) is 0. The smallest absolute Gasteiger partial charge is 0.0782 e. The maximum atomic E-state index is 6.08. The van der Waals surface area contributed by atoms with Crippen LogP contribution >= 0.6 is 46.4 Å². The number of rotatable bonds is 6. The molecular weight excluding hydrogens is 304 g/mol. The van der Waals surface area contributed by atoms with Crippen LogP contribution in [0.25, 0.3) is 0 Å². The van der Waals surface area contributed by atoms with Crippen molar-refractivity contribution in [2.24, 2.45) is 0 Å². The lowest BCUT2D eigenvalue weighted by Crippen LogP contribution is -2.15. The first kappa shape index (κ1) is 15.4. The molecule has 0 spiro atoms. The molecule has 1 aromatic carbocycles. The molecule has 0 fully saturated rings. The molecule has 0 aliphatic rings. The van der Waals surface area contributed by atoms with Gasteiger partial charge in [-0.1, -0.05) is 46.4 Å². The van der Waals surface area contributed by atoms with Crippen LogP contribution in [0, 0.1) is 0 Å². The molecule has 0 aliphatic carbocycles. The Morgan fingerprint density at radius 1 is 1.06 bits per heavy atom. The molecule has 6 heteroatoms. The summed E-state index contributed by atoms with van der Waals surface area (Å²) in [6, 6.07) is 1.60. The van der Waals surface area contributed by atoms with Gasteiger partial charge in [-0.25, -0.2) is 0 Å². The molecular formula is C11H13Cl4NO. The average molecular weight is 317 g/mol. The Kier molecular flexibility index (Phi) is 6.93. The van der Waals surface area contributed by atoms with Gasteiger partial charge in [0, 0.05) is 11.6 Å². The molecule has 0 amide bonds. The van der Waals surface area contributed by atoms with Crippen molar-refractivity contribution in [3.05, 3.63) is 31.7 Å². The van der Waals surface area contributed by atoms with Crippen molar-refractivity contribution in [1.82, 2.24) is 5.32 Å². The minimum Gasteiger partial charge on any atom is -0.380 e. The van der Waals surface area contributed by atoms with Crippen molar-refractivity contribution < 1.29 is 4.74 Å². The molecule has 0 aromatic heterocycles. The van der Waals surface area contributed by atoms with E-state index < -0.39 is 0 Å². The standard InChI is InChI=1S/C11H13Cl4NO/c1-16-3-5-17-4-2-7-8(12)6-9(13)11(15)10(7)14/h6,16H,2-5H2,1H3. The van der Waals surface area contributed by atoms with Gasteiger partial charge in [-0.3, -0.25) is 0 Å². The number of hydrogen-bond donors (Lipinski definition) is 1. The van der Waals surface area contributed by atoms with Crippen molar-refractivity contribution in [2.45, 2.75) is 6.42 Å². The molecule has 0 heterocycles. The van der Waals surface area contributed by atoms with Gasteiger partial charge in [0.15, 0.2) is 0 Å². The highest BCUT2D eigenvalue weighted by atomic mass is 35.5. The highest BCUT2D eigenvalue weighted by Gasteiger charge is 2.13. The Bertz CT molecular complexity index is 384. The van der Waals surface area contributed by atoms with Crippen LogP contribution < -0.4 is 5.32 Å². The monoisotopic (exact) mass is 315 g/mol. The average Bonchev–Trinajstić information content (AvgIpc) is 2.30. The van der Waals surface area contributed by atoms with E-state index in [1.807, 2.05) is 7.05 Å². The minimum absolute atomic E-state index is 0.336. The van der Waals surface area contributed by atoms with Gasteiger partial charge in [0.1, 0.15) is 0 Å². The zero-order valence-electron chi connectivity index (χ0n) is 9.33. The molecule has 0 saturated carbocycles. The van der Waals surface area contributed by atoms with E-state index >= 15 is 0 Å². The van der Waals surface area contributed by atoms with Crippen molar-refractivity contribution in [3.8, 4) is 0 Å². The Balaban J connectivity index is 2.62. The van der Waals surface area contributed by atoms with Gasteiger partial charge >= 0.3 is 0 Å². The summed E-state index contributed by atoms with van der Waals surface area (Å²) in [7, 11) is 1.87. The molecule has 1 N–H and O–H groups in total. The van der Waals surface area contributed by atoms with Crippen LogP contribution in [0.3, 0.4) is 0 Å². The molecule has 2 nitrogen and oxygen atoms in total.